The quantitative estimate of drug-likeness (QED) is 0.629. The lowest BCUT2D eigenvalue weighted by molar-refractivity contribution is 0.115. The van der Waals surface area contributed by atoms with Crippen LogP contribution in [0, 0.1) is 0 Å². The summed E-state index contributed by atoms with van der Waals surface area (Å²) in [6.07, 6.45) is 3.34. The lowest BCUT2D eigenvalue weighted by atomic mass is 10.1. The van der Waals surface area contributed by atoms with Gasteiger partial charge in [-0.1, -0.05) is 60.7 Å². The first-order chi connectivity index (χ1) is 10.3. The molecule has 0 aliphatic rings. The van der Waals surface area contributed by atoms with E-state index in [0.29, 0.717) is 5.69 Å². The first kappa shape index (κ1) is 14.8. The Kier molecular flexibility index (Phi) is 5.12. The third-order valence-electron chi connectivity index (χ3n) is 2.93. The van der Waals surface area contributed by atoms with E-state index < -0.39 is 6.09 Å². The van der Waals surface area contributed by atoms with Gasteiger partial charge in [-0.15, -0.1) is 0 Å². The van der Waals surface area contributed by atoms with E-state index in [9.17, 15) is 4.79 Å². The van der Waals surface area contributed by atoms with Crippen molar-refractivity contribution in [2.24, 2.45) is 0 Å². The van der Waals surface area contributed by atoms with E-state index in [0.717, 1.165) is 16.2 Å². The van der Waals surface area contributed by atoms with E-state index in [1.165, 1.54) is 14.2 Å². The molecule has 108 valence electrons. The maximum Gasteiger partial charge on any atom is 0.438 e. The summed E-state index contributed by atoms with van der Waals surface area (Å²) in [6, 6.07) is 17.4. The Morgan fingerprint density at radius 1 is 0.952 bits per heavy atom. The van der Waals surface area contributed by atoms with Crippen LogP contribution in [0.5, 0.6) is 0 Å². The predicted molar refractivity (Wildman–Crippen MR) is 83.7 cm³/mol. The van der Waals surface area contributed by atoms with Crippen LogP contribution in [0.3, 0.4) is 0 Å². The summed E-state index contributed by atoms with van der Waals surface area (Å²) < 4.78 is 4.71. The Balaban J connectivity index is 2.32. The maximum absolute atomic E-state index is 11.7. The summed E-state index contributed by atoms with van der Waals surface area (Å²) in [6.45, 7) is 0. The number of hydrogen-bond donors (Lipinski definition) is 0. The highest BCUT2D eigenvalue weighted by Gasteiger charge is 2.17. The number of nitrogens with zero attached hydrogens (tertiary/aromatic N) is 1. The Bertz CT molecular complexity index is 623. The molecule has 0 aliphatic heterocycles. The average molecular weight is 283 g/mol. The van der Waals surface area contributed by atoms with Crippen molar-refractivity contribution in [2.45, 2.75) is 0 Å². The Labute approximate surface area is 124 Å². The molecule has 0 N–H and O–H groups in total. The molecule has 4 nitrogen and oxygen atoms in total. The van der Waals surface area contributed by atoms with Gasteiger partial charge in [-0.3, -0.25) is 4.84 Å². The molecule has 0 spiro atoms. The van der Waals surface area contributed by atoms with E-state index >= 15 is 0 Å². The van der Waals surface area contributed by atoms with Crippen LogP contribution in [0.4, 0.5) is 10.5 Å². The number of ether oxygens (including phenoxy) is 1. The van der Waals surface area contributed by atoms with Crippen molar-refractivity contribution >= 4 is 23.9 Å². The van der Waals surface area contributed by atoms with E-state index in [2.05, 4.69) is 0 Å². The summed E-state index contributed by atoms with van der Waals surface area (Å²) in [5.74, 6) is 0. The number of amides is 1. The molecule has 0 saturated heterocycles. The highest BCUT2D eigenvalue weighted by molar-refractivity contribution is 5.89. The molecule has 4 heteroatoms. The van der Waals surface area contributed by atoms with E-state index in [4.69, 9.17) is 9.57 Å². The molecule has 2 aromatic rings. The van der Waals surface area contributed by atoms with Crippen LogP contribution in [-0.2, 0) is 9.57 Å². The van der Waals surface area contributed by atoms with Gasteiger partial charge in [0.2, 0.25) is 0 Å². The van der Waals surface area contributed by atoms with Gasteiger partial charge in [0.15, 0.2) is 0 Å². The molecule has 0 unspecified atom stereocenters. The van der Waals surface area contributed by atoms with Crippen molar-refractivity contribution in [3.8, 4) is 0 Å². The van der Waals surface area contributed by atoms with Crippen molar-refractivity contribution in [2.75, 3.05) is 19.3 Å². The number of rotatable bonds is 4. The van der Waals surface area contributed by atoms with Gasteiger partial charge in [0.25, 0.3) is 0 Å². The topological polar surface area (TPSA) is 38.8 Å². The highest BCUT2D eigenvalue weighted by atomic mass is 16.7. The molecule has 0 fully saturated rings. The molecule has 0 saturated carbocycles. The second-order valence-electron chi connectivity index (χ2n) is 4.25. The van der Waals surface area contributed by atoms with Gasteiger partial charge in [0.1, 0.15) is 0 Å². The van der Waals surface area contributed by atoms with Crippen LogP contribution in [0.25, 0.3) is 12.2 Å². The lowest BCUT2D eigenvalue weighted by Crippen LogP contribution is -2.30. The van der Waals surface area contributed by atoms with Gasteiger partial charge in [-0.25, -0.2) is 4.79 Å². The largest absolute Gasteiger partial charge is 0.451 e. The molecular weight excluding hydrogens is 266 g/mol. The second kappa shape index (κ2) is 7.26. The summed E-state index contributed by atoms with van der Waals surface area (Å²) in [4.78, 5) is 16.8. The summed E-state index contributed by atoms with van der Waals surface area (Å²) in [5.41, 5.74) is 2.56. The normalized spacial score (nSPS) is 10.6. The maximum atomic E-state index is 11.7. The van der Waals surface area contributed by atoms with Crippen molar-refractivity contribution in [3.05, 3.63) is 65.7 Å². The molecule has 2 rings (SSSR count). The number of carbonyl (C=O) groups excluding carboxylic acids is 1. The molecule has 0 aromatic heterocycles. The minimum absolute atomic E-state index is 0.571. The molecular formula is C17H17NO3. The number of carbonyl (C=O) groups is 1. The second-order valence-corrected chi connectivity index (χ2v) is 4.25. The van der Waals surface area contributed by atoms with Gasteiger partial charge in [0.05, 0.1) is 19.9 Å². The van der Waals surface area contributed by atoms with Gasteiger partial charge < -0.3 is 4.74 Å². The number of methoxy groups -OCH3 is 1. The Morgan fingerprint density at radius 2 is 1.62 bits per heavy atom. The molecule has 21 heavy (non-hydrogen) atoms. The van der Waals surface area contributed by atoms with E-state index in [-0.39, 0.29) is 0 Å². The van der Waals surface area contributed by atoms with Gasteiger partial charge >= 0.3 is 6.09 Å². The zero-order valence-electron chi connectivity index (χ0n) is 12.0. The van der Waals surface area contributed by atoms with Gasteiger partial charge in [-0.05, 0) is 11.6 Å². The third kappa shape index (κ3) is 3.70. The monoisotopic (exact) mass is 283 g/mol. The number of anilines is 1. The molecule has 2 aromatic carbocycles. The number of hydrogen-bond acceptors (Lipinski definition) is 3. The van der Waals surface area contributed by atoms with E-state index in [1.54, 1.807) is 6.07 Å². The fraction of sp³-hybridized carbons (Fsp3) is 0.118. The molecule has 0 aliphatic carbocycles. The van der Waals surface area contributed by atoms with Crippen molar-refractivity contribution in [3.63, 3.8) is 0 Å². The van der Waals surface area contributed by atoms with Crippen LogP contribution in [-0.4, -0.2) is 20.3 Å². The smallest absolute Gasteiger partial charge is 0.438 e. The fourth-order valence-electron chi connectivity index (χ4n) is 1.92. The fourth-order valence-corrected chi connectivity index (χ4v) is 1.92. The van der Waals surface area contributed by atoms with Gasteiger partial charge in [0, 0.05) is 5.56 Å². The SMILES string of the molecule is COC(=O)N(OC)c1ccccc1/C=C/c1ccccc1. The minimum Gasteiger partial charge on any atom is -0.451 e. The first-order valence-corrected chi connectivity index (χ1v) is 6.50. The number of benzene rings is 2. The molecule has 0 heterocycles. The molecule has 0 atom stereocenters. The minimum atomic E-state index is -0.571. The summed E-state index contributed by atoms with van der Waals surface area (Å²) in [7, 11) is 2.74. The van der Waals surface area contributed by atoms with Crippen molar-refractivity contribution in [1.29, 1.82) is 0 Å². The van der Waals surface area contributed by atoms with Crippen LogP contribution in [0.1, 0.15) is 11.1 Å². The molecule has 1 amide bonds. The lowest BCUT2D eigenvalue weighted by Gasteiger charge is -2.19. The third-order valence-corrected chi connectivity index (χ3v) is 2.93. The van der Waals surface area contributed by atoms with Crippen LogP contribution < -0.4 is 5.06 Å². The van der Waals surface area contributed by atoms with Crippen molar-refractivity contribution in [1.82, 2.24) is 0 Å². The Hall–Kier alpha value is -2.59. The highest BCUT2D eigenvalue weighted by Crippen LogP contribution is 2.23. The van der Waals surface area contributed by atoms with Gasteiger partial charge in [-0.2, -0.15) is 5.06 Å². The summed E-state index contributed by atoms with van der Waals surface area (Å²) >= 11 is 0. The van der Waals surface area contributed by atoms with Crippen LogP contribution >= 0.6 is 0 Å². The molecule has 0 radical (unpaired) electrons. The number of hydroxylamine groups is 1. The average Bonchev–Trinajstić information content (AvgIpc) is 2.55. The predicted octanol–water partition coefficient (Wildman–Crippen LogP) is 3.99. The zero-order valence-corrected chi connectivity index (χ0v) is 12.0. The number of para-hydroxylation sites is 1. The molecule has 0 bridgehead atoms. The van der Waals surface area contributed by atoms with E-state index in [1.807, 2.05) is 60.7 Å². The van der Waals surface area contributed by atoms with Crippen LogP contribution in [0.2, 0.25) is 0 Å². The van der Waals surface area contributed by atoms with Crippen LogP contribution in [0.15, 0.2) is 54.6 Å². The summed E-state index contributed by atoms with van der Waals surface area (Å²) in [5, 5.41) is 1.12. The van der Waals surface area contributed by atoms with Crippen molar-refractivity contribution < 1.29 is 14.4 Å². The zero-order chi connectivity index (χ0) is 15.1. The Morgan fingerprint density at radius 3 is 2.29 bits per heavy atom. The standard InChI is InChI=1S/C17H17NO3/c1-20-17(19)18(21-2)16-11-7-6-10-15(16)13-12-14-8-4-3-5-9-14/h3-13H,1-2H3/b13-12+. The first-order valence-electron chi connectivity index (χ1n) is 6.50.